The van der Waals surface area contributed by atoms with Crippen LogP contribution in [0, 0.1) is 18.8 Å². The quantitative estimate of drug-likeness (QED) is 0.808. The van der Waals surface area contributed by atoms with Gasteiger partial charge in [-0.3, -0.25) is 0 Å². The number of aryl methyl sites for hydroxylation is 1. The molecule has 0 unspecified atom stereocenters. The Morgan fingerprint density at radius 3 is 2.44 bits per heavy atom. The Kier molecular flexibility index (Phi) is 5.53. The second-order valence-corrected chi connectivity index (χ2v) is 5.24. The number of aromatic nitrogens is 1. The molecule has 3 nitrogen and oxygen atoms in total. The molecule has 0 aromatic carbocycles. The molecule has 2 saturated heterocycles. The van der Waals surface area contributed by atoms with Crippen molar-refractivity contribution in [3.8, 4) is 0 Å². The number of hydrogen-bond acceptors (Lipinski definition) is 3. The molecule has 102 valence electrons. The van der Waals surface area contributed by atoms with E-state index in [1.54, 1.807) is 0 Å². The lowest BCUT2D eigenvalue weighted by atomic mass is 10.0. The Labute approximate surface area is 125 Å². The molecule has 1 aromatic heterocycles. The summed E-state index contributed by atoms with van der Waals surface area (Å²) in [6, 6.07) is 2.14. The maximum absolute atomic E-state index is 5.94. The zero-order chi connectivity index (χ0) is 11.1. The van der Waals surface area contributed by atoms with Crippen LogP contribution in [-0.4, -0.2) is 31.2 Å². The van der Waals surface area contributed by atoms with E-state index in [1.165, 1.54) is 18.8 Å². The number of halogens is 3. The third-order valence-corrected chi connectivity index (χ3v) is 4.15. The Hall–Kier alpha value is -0.220. The van der Waals surface area contributed by atoms with Crippen LogP contribution in [0.15, 0.2) is 12.3 Å². The van der Waals surface area contributed by atoms with Gasteiger partial charge in [-0.2, -0.15) is 0 Å². The lowest BCUT2D eigenvalue weighted by Gasteiger charge is -2.19. The molecule has 1 N–H and O–H groups in total. The molecule has 0 amide bonds. The van der Waals surface area contributed by atoms with Crippen LogP contribution in [0.5, 0.6) is 0 Å². The molecule has 0 spiro atoms. The van der Waals surface area contributed by atoms with Crippen molar-refractivity contribution in [2.45, 2.75) is 6.92 Å². The highest BCUT2D eigenvalue weighted by atomic mass is 35.5. The number of hydrogen-bond donors (Lipinski definition) is 1. The highest BCUT2D eigenvalue weighted by molar-refractivity contribution is 6.30. The summed E-state index contributed by atoms with van der Waals surface area (Å²) in [5, 5.41) is 4.07. The van der Waals surface area contributed by atoms with Crippen molar-refractivity contribution >= 4 is 42.1 Å². The van der Waals surface area contributed by atoms with Crippen LogP contribution in [0.4, 0.5) is 5.69 Å². The fourth-order valence-corrected chi connectivity index (χ4v) is 2.89. The summed E-state index contributed by atoms with van der Waals surface area (Å²) in [5.74, 6) is 1.63. The largest absolute Gasteiger partial charge is 0.370 e. The molecule has 0 aliphatic carbocycles. The van der Waals surface area contributed by atoms with Crippen LogP contribution in [0.25, 0.3) is 0 Å². The van der Waals surface area contributed by atoms with Crippen molar-refractivity contribution in [3.05, 3.63) is 23.0 Å². The van der Waals surface area contributed by atoms with E-state index in [0.29, 0.717) is 5.15 Å². The fraction of sp³-hybridized carbons (Fsp3) is 0.583. The van der Waals surface area contributed by atoms with Crippen LogP contribution in [0.1, 0.15) is 5.56 Å². The standard InChI is InChI=1S/C12H16ClN3.2ClH/c1-8-2-11(5-15-12(8)13)16-6-9-3-14-4-10(9)7-16;;/h2,5,9-10,14H,3-4,6-7H2,1H3;2*1H/t9-,10+;;. The summed E-state index contributed by atoms with van der Waals surface area (Å²) in [4.78, 5) is 6.66. The normalized spacial score (nSPS) is 25.3. The topological polar surface area (TPSA) is 28.2 Å². The number of fused-ring (bicyclic) bond motifs is 1. The van der Waals surface area contributed by atoms with E-state index in [2.05, 4.69) is 21.3 Å². The van der Waals surface area contributed by atoms with Crippen LogP contribution in [0.2, 0.25) is 5.15 Å². The van der Waals surface area contributed by atoms with E-state index >= 15 is 0 Å². The Bertz CT molecular complexity index is 402. The first kappa shape index (κ1) is 15.8. The van der Waals surface area contributed by atoms with Crippen LogP contribution < -0.4 is 10.2 Å². The molecule has 0 radical (unpaired) electrons. The summed E-state index contributed by atoms with van der Waals surface area (Å²) in [6.45, 7) is 6.65. The van der Waals surface area contributed by atoms with Crippen LogP contribution in [0.3, 0.4) is 0 Å². The predicted molar refractivity (Wildman–Crippen MR) is 80.5 cm³/mol. The Morgan fingerprint density at radius 1 is 1.28 bits per heavy atom. The molecule has 3 heterocycles. The number of rotatable bonds is 1. The van der Waals surface area contributed by atoms with Gasteiger partial charge in [0.2, 0.25) is 0 Å². The van der Waals surface area contributed by atoms with E-state index in [-0.39, 0.29) is 24.8 Å². The van der Waals surface area contributed by atoms with E-state index in [9.17, 15) is 0 Å². The smallest absolute Gasteiger partial charge is 0.132 e. The van der Waals surface area contributed by atoms with Gasteiger partial charge in [0.15, 0.2) is 0 Å². The van der Waals surface area contributed by atoms with Crippen LogP contribution in [-0.2, 0) is 0 Å². The second-order valence-electron chi connectivity index (χ2n) is 4.88. The van der Waals surface area contributed by atoms with Gasteiger partial charge in [-0.15, -0.1) is 24.8 Å². The highest BCUT2D eigenvalue weighted by Gasteiger charge is 2.36. The molecule has 0 saturated carbocycles. The minimum Gasteiger partial charge on any atom is -0.370 e. The van der Waals surface area contributed by atoms with Gasteiger partial charge in [0, 0.05) is 26.2 Å². The first-order chi connectivity index (χ1) is 7.74. The van der Waals surface area contributed by atoms with Gasteiger partial charge in [-0.1, -0.05) is 11.6 Å². The molecular weight excluding hydrogens is 293 g/mol. The highest BCUT2D eigenvalue weighted by Crippen LogP contribution is 2.31. The van der Waals surface area contributed by atoms with Crippen molar-refractivity contribution in [2.24, 2.45) is 11.8 Å². The van der Waals surface area contributed by atoms with Crippen molar-refractivity contribution in [3.63, 3.8) is 0 Å². The van der Waals surface area contributed by atoms with E-state index < -0.39 is 0 Å². The zero-order valence-corrected chi connectivity index (χ0v) is 12.6. The van der Waals surface area contributed by atoms with E-state index in [4.69, 9.17) is 11.6 Å². The molecule has 2 aliphatic rings. The SMILES string of the molecule is Cc1cc(N2C[C@H]3CNC[C@H]3C2)cnc1Cl.Cl.Cl. The monoisotopic (exact) mass is 309 g/mol. The average Bonchev–Trinajstić information content (AvgIpc) is 2.81. The number of pyridine rings is 1. The summed E-state index contributed by atoms with van der Waals surface area (Å²) in [7, 11) is 0. The van der Waals surface area contributed by atoms with Crippen molar-refractivity contribution in [1.29, 1.82) is 0 Å². The first-order valence-corrected chi connectivity index (χ1v) is 6.19. The summed E-state index contributed by atoms with van der Waals surface area (Å²) in [6.07, 6.45) is 1.89. The van der Waals surface area contributed by atoms with Gasteiger partial charge in [0.25, 0.3) is 0 Å². The van der Waals surface area contributed by atoms with Crippen molar-refractivity contribution in [1.82, 2.24) is 10.3 Å². The molecule has 2 atom stereocenters. The number of anilines is 1. The summed E-state index contributed by atoms with van der Waals surface area (Å²) in [5.41, 5.74) is 2.28. The first-order valence-electron chi connectivity index (χ1n) is 5.82. The molecule has 0 bridgehead atoms. The molecule has 2 fully saturated rings. The molecule has 3 rings (SSSR count). The van der Waals surface area contributed by atoms with Gasteiger partial charge in [-0.25, -0.2) is 4.98 Å². The maximum Gasteiger partial charge on any atom is 0.132 e. The average molecular weight is 311 g/mol. The predicted octanol–water partition coefficient (Wildman–Crippen LogP) is 2.54. The number of nitrogens with zero attached hydrogens (tertiary/aromatic N) is 2. The van der Waals surface area contributed by atoms with Crippen LogP contribution >= 0.6 is 36.4 Å². The minimum absolute atomic E-state index is 0. The van der Waals surface area contributed by atoms with Gasteiger partial charge < -0.3 is 10.2 Å². The molecule has 1 aromatic rings. The van der Waals surface area contributed by atoms with Gasteiger partial charge in [0.05, 0.1) is 11.9 Å². The summed E-state index contributed by atoms with van der Waals surface area (Å²) >= 11 is 5.94. The number of nitrogens with one attached hydrogen (secondary N) is 1. The van der Waals surface area contributed by atoms with Crippen molar-refractivity contribution < 1.29 is 0 Å². The Morgan fingerprint density at radius 2 is 1.89 bits per heavy atom. The lowest BCUT2D eigenvalue weighted by Crippen LogP contribution is -2.25. The lowest BCUT2D eigenvalue weighted by molar-refractivity contribution is 0.533. The van der Waals surface area contributed by atoms with Gasteiger partial charge in [0.1, 0.15) is 5.15 Å². The summed E-state index contributed by atoms with van der Waals surface area (Å²) < 4.78 is 0. The molecule has 18 heavy (non-hydrogen) atoms. The molecule has 2 aliphatic heterocycles. The fourth-order valence-electron chi connectivity index (χ4n) is 2.78. The Balaban J connectivity index is 0.000000810. The van der Waals surface area contributed by atoms with Gasteiger partial charge in [-0.05, 0) is 30.4 Å². The third kappa shape index (κ3) is 2.85. The molecule has 6 heteroatoms. The molecular formula is C12H18Cl3N3. The third-order valence-electron chi connectivity index (χ3n) is 3.75. The van der Waals surface area contributed by atoms with E-state index in [1.807, 2.05) is 13.1 Å². The minimum atomic E-state index is 0. The van der Waals surface area contributed by atoms with Gasteiger partial charge >= 0.3 is 0 Å². The second kappa shape index (κ2) is 6.29. The van der Waals surface area contributed by atoms with Crippen molar-refractivity contribution in [2.75, 3.05) is 31.1 Å². The maximum atomic E-state index is 5.94. The zero-order valence-electron chi connectivity index (χ0n) is 10.2. The van der Waals surface area contributed by atoms with E-state index in [0.717, 1.165) is 30.5 Å².